The van der Waals surface area contributed by atoms with Gasteiger partial charge in [-0.2, -0.15) is 0 Å². The predicted molar refractivity (Wildman–Crippen MR) is 145 cm³/mol. The van der Waals surface area contributed by atoms with Gasteiger partial charge >= 0.3 is 5.97 Å². The van der Waals surface area contributed by atoms with E-state index in [1.165, 1.54) is 32.4 Å². The second-order valence-corrected chi connectivity index (χ2v) is 10.6. The quantitative estimate of drug-likeness (QED) is 0.274. The van der Waals surface area contributed by atoms with Crippen molar-refractivity contribution in [2.24, 2.45) is 0 Å². The van der Waals surface area contributed by atoms with Crippen LogP contribution in [0.1, 0.15) is 40.7 Å². The monoisotopic (exact) mass is 515 g/mol. The number of aliphatic hydroxyl groups is 1. The lowest BCUT2D eigenvalue weighted by atomic mass is 10.0. The lowest BCUT2D eigenvalue weighted by molar-refractivity contribution is 0.0535. The molecule has 2 aliphatic rings. The number of carbonyl (C=O) groups excluding carboxylic acids is 1. The smallest absolute Gasteiger partial charge is 0.338 e. The molecule has 1 aromatic heterocycles. The third-order valence-corrected chi connectivity index (χ3v) is 8.19. The van der Waals surface area contributed by atoms with E-state index in [0.29, 0.717) is 12.2 Å². The number of aliphatic hydroxyl groups excluding tert-OH is 1. The van der Waals surface area contributed by atoms with E-state index in [9.17, 15) is 9.90 Å². The lowest BCUT2D eigenvalue weighted by Gasteiger charge is -2.26. The average Bonchev–Trinajstić information content (AvgIpc) is 3.49. The van der Waals surface area contributed by atoms with Gasteiger partial charge in [0.1, 0.15) is 24.7 Å². The van der Waals surface area contributed by atoms with Crippen molar-refractivity contribution in [2.45, 2.75) is 32.5 Å². The Labute approximate surface area is 220 Å². The summed E-state index contributed by atoms with van der Waals surface area (Å²) in [6, 6.07) is 19.4. The first-order chi connectivity index (χ1) is 18.2. The molecule has 4 aromatic rings. The fourth-order valence-corrected chi connectivity index (χ4v) is 6.17. The molecule has 1 saturated heterocycles. The molecular weight excluding hydrogens is 486 g/mol. The van der Waals surface area contributed by atoms with Crippen molar-refractivity contribution >= 4 is 27.4 Å². The van der Waals surface area contributed by atoms with E-state index in [2.05, 4.69) is 4.90 Å². The van der Waals surface area contributed by atoms with Gasteiger partial charge in [-0.3, -0.25) is 4.90 Å². The largest absolute Gasteiger partial charge is 0.492 e. The molecule has 3 heterocycles. The number of fused-ring (bicyclic) bond motifs is 2. The zero-order valence-corrected chi connectivity index (χ0v) is 21.4. The summed E-state index contributed by atoms with van der Waals surface area (Å²) in [5.41, 5.74) is 3.32. The summed E-state index contributed by atoms with van der Waals surface area (Å²) >= 11 is 1.61. The molecule has 0 spiro atoms. The summed E-state index contributed by atoms with van der Waals surface area (Å²) in [5.74, 6) is 2.03. The fraction of sp³-hybridized carbons (Fsp3) is 0.300. The van der Waals surface area contributed by atoms with Crippen LogP contribution in [0.5, 0.6) is 17.2 Å². The van der Waals surface area contributed by atoms with Crippen molar-refractivity contribution in [3.05, 3.63) is 77.4 Å². The second-order valence-electron chi connectivity index (χ2n) is 9.52. The number of thiophene rings is 1. The summed E-state index contributed by atoms with van der Waals surface area (Å²) < 4.78 is 18.7. The van der Waals surface area contributed by atoms with Crippen molar-refractivity contribution in [1.29, 1.82) is 0 Å². The molecule has 0 radical (unpaired) electrons. The number of piperidine rings is 1. The van der Waals surface area contributed by atoms with Gasteiger partial charge in [0.2, 0.25) is 0 Å². The average molecular weight is 516 g/mol. The Balaban J connectivity index is 1.25. The first kappa shape index (κ1) is 24.0. The van der Waals surface area contributed by atoms with Gasteiger partial charge in [-0.1, -0.05) is 18.6 Å². The molecule has 6 rings (SSSR count). The van der Waals surface area contributed by atoms with Gasteiger partial charge in [0.25, 0.3) is 0 Å². The minimum atomic E-state index is -0.278. The number of ether oxygens (including phenoxy) is 3. The first-order valence-corrected chi connectivity index (χ1v) is 13.6. The number of cyclic esters (lactones) is 1. The Bertz CT molecular complexity index is 1420. The third kappa shape index (κ3) is 5.07. The number of rotatable bonds is 8. The number of nitrogens with zero attached hydrogens (tertiary/aromatic N) is 1. The van der Waals surface area contributed by atoms with Crippen LogP contribution in [0.4, 0.5) is 0 Å². The van der Waals surface area contributed by atoms with Crippen molar-refractivity contribution in [1.82, 2.24) is 4.90 Å². The molecule has 0 bridgehead atoms. The molecule has 190 valence electrons. The molecule has 0 atom stereocenters. The van der Waals surface area contributed by atoms with Crippen LogP contribution >= 0.6 is 11.3 Å². The van der Waals surface area contributed by atoms with E-state index in [1.807, 2.05) is 60.7 Å². The second kappa shape index (κ2) is 10.5. The molecule has 0 amide bonds. The number of benzene rings is 3. The van der Waals surface area contributed by atoms with Gasteiger partial charge in [0.15, 0.2) is 5.75 Å². The number of carbonyl (C=O) groups is 1. The van der Waals surface area contributed by atoms with Crippen LogP contribution in [0.2, 0.25) is 0 Å². The van der Waals surface area contributed by atoms with E-state index in [1.54, 1.807) is 11.3 Å². The van der Waals surface area contributed by atoms with Crippen LogP contribution in [0.25, 0.3) is 20.5 Å². The molecule has 7 heteroatoms. The summed E-state index contributed by atoms with van der Waals surface area (Å²) in [5, 5.41) is 10.6. The van der Waals surface area contributed by atoms with E-state index in [-0.39, 0.29) is 19.2 Å². The molecule has 6 nitrogen and oxygen atoms in total. The maximum absolute atomic E-state index is 11.9. The molecule has 2 aliphatic heterocycles. The predicted octanol–water partition coefficient (Wildman–Crippen LogP) is 6.39. The minimum absolute atomic E-state index is 0.0170. The normalized spacial score (nSPS) is 15.5. The first-order valence-electron chi connectivity index (χ1n) is 12.8. The summed E-state index contributed by atoms with van der Waals surface area (Å²) in [4.78, 5) is 15.4. The highest BCUT2D eigenvalue weighted by Crippen LogP contribution is 2.47. The molecule has 37 heavy (non-hydrogen) atoms. The van der Waals surface area contributed by atoms with E-state index in [0.717, 1.165) is 55.4 Å². The highest BCUT2D eigenvalue weighted by Gasteiger charge is 2.23. The van der Waals surface area contributed by atoms with Gasteiger partial charge in [-0.25, -0.2) is 4.79 Å². The maximum atomic E-state index is 11.9. The summed E-state index contributed by atoms with van der Waals surface area (Å²) in [6.07, 6.45) is 3.90. The molecule has 1 N–H and O–H groups in total. The molecular formula is C30H29NO5S. The van der Waals surface area contributed by atoms with Gasteiger partial charge in [-0.05, 0) is 85.6 Å². The Morgan fingerprint density at radius 2 is 1.76 bits per heavy atom. The van der Waals surface area contributed by atoms with E-state index in [4.69, 9.17) is 14.2 Å². The lowest BCUT2D eigenvalue weighted by Crippen LogP contribution is -2.33. The van der Waals surface area contributed by atoms with Gasteiger partial charge in [-0.15, -0.1) is 11.3 Å². The number of likely N-dealkylation sites (tertiary alicyclic amines) is 1. The van der Waals surface area contributed by atoms with Crippen molar-refractivity contribution in [3.8, 4) is 27.7 Å². The van der Waals surface area contributed by atoms with Crippen LogP contribution in [-0.2, 0) is 18.0 Å². The summed E-state index contributed by atoms with van der Waals surface area (Å²) in [6.45, 7) is 4.24. The van der Waals surface area contributed by atoms with Gasteiger partial charge < -0.3 is 19.3 Å². The zero-order chi connectivity index (χ0) is 25.2. The van der Waals surface area contributed by atoms with Crippen molar-refractivity contribution < 1.29 is 24.1 Å². The highest BCUT2D eigenvalue weighted by molar-refractivity contribution is 7.22. The fourth-order valence-electron chi connectivity index (χ4n) is 4.98. The Kier molecular flexibility index (Phi) is 6.83. The number of esters is 1. The number of hydrogen-bond acceptors (Lipinski definition) is 7. The van der Waals surface area contributed by atoms with Crippen LogP contribution in [0.3, 0.4) is 0 Å². The maximum Gasteiger partial charge on any atom is 0.338 e. The van der Waals surface area contributed by atoms with Crippen LogP contribution < -0.4 is 9.47 Å². The summed E-state index contributed by atoms with van der Waals surface area (Å²) in [7, 11) is 0. The van der Waals surface area contributed by atoms with Gasteiger partial charge in [0.05, 0.1) is 17.0 Å². The molecule has 0 unspecified atom stereocenters. The standard InChI is InChI=1S/C30H29NO5S/c32-18-20-4-10-26-27(16-20)37-29(21-5-11-25-22(17-21)19-35-30(25)33)28(26)36-24-8-6-23(7-9-24)34-15-14-31-12-2-1-3-13-31/h4-11,16-17,32H,1-3,12-15,18-19H2. The Morgan fingerprint density at radius 3 is 2.57 bits per heavy atom. The minimum Gasteiger partial charge on any atom is -0.492 e. The SMILES string of the molecule is O=C1OCc2cc(-c3sc4cc(CO)ccc4c3Oc3ccc(OCCN4CCCCC4)cc3)ccc21. The van der Waals surface area contributed by atoms with Crippen LogP contribution in [0.15, 0.2) is 60.7 Å². The Hall–Kier alpha value is -3.39. The molecule has 3 aromatic carbocycles. The van der Waals surface area contributed by atoms with Gasteiger partial charge in [0, 0.05) is 22.2 Å². The third-order valence-electron chi connectivity index (χ3n) is 7.01. The highest BCUT2D eigenvalue weighted by atomic mass is 32.1. The zero-order valence-electron chi connectivity index (χ0n) is 20.6. The molecule has 1 fully saturated rings. The van der Waals surface area contributed by atoms with Crippen LogP contribution in [-0.4, -0.2) is 42.2 Å². The van der Waals surface area contributed by atoms with E-state index < -0.39 is 0 Å². The topological polar surface area (TPSA) is 68.2 Å². The molecule has 0 saturated carbocycles. The molecule has 0 aliphatic carbocycles. The van der Waals surface area contributed by atoms with Crippen LogP contribution in [0, 0.1) is 0 Å². The number of hydrogen-bond donors (Lipinski definition) is 1. The van der Waals surface area contributed by atoms with E-state index >= 15 is 0 Å². The van der Waals surface area contributed by atoms with Crippen molar-refractivity contribution in [3.63, 3.8) is 0 Å². The Morgan fingerprint density at radius 1 is 0.946 bits per heavy atom. The van der Waals surface area contributed by atoms with Crippen molar-refractivity contribution in [2.75, 3.05) is 26.2 Å².